The van der Waals surface area contributed by atoms with Crippen LogP contribution in [0.25, 0.3) is 11.1 Å². The van der Waals surface area contributed by atoms with E-state index in [4.69, 9.17) is 11.1 Å². The summed E-state index contributed by atoms with van der Waals surface area (Å²) in [5.74, 6) is -0.110. The number of hydrogen-bond acceptors (Lipinski definition) is 3. The fourth-order valence-corrected chi connectivity index (χ4v) is 2.37. The average Bonchev–Trinajstić information content (AvgIpc) is 2.58. The van der Waals surface area contributed by atoms with E-state index < -0.39 is 0 Å². The van der Waals surface area contributed by atoms with Gasteiger partial charge in [-0.15, -0.1) is 0 Å². The van der Waals surface area contributed by atoms with Gasteiger partial charge >= 0.3 is 0 Å². The van der Waals surface area contributed by atoms with Gasteiger partial charge in [-0.25, -0.2) is 0 Å². The fraction of sp³-hybridized carbons (Fsp3) is 0.300. The molecule has 0 fully saturated rings. The largest absolute Gasteiger partial charge is 0.370 e. The molecule has 0 radical (unpaired) electrons. The Morgan fingerprint density at radius 2 is 1.77 bits per heavy atom. The summed E-state index contributed by atoms with van der Waals surface area (Å²) in [6.45, 7) is 6.87. The molecule has 0 aliphatic heterocycles. The average molecular weight is 353 g/mol. The number of amides is 1. The van der Waals surface area contributed by atoms with Crippen LogP contribution in [0.2, 0.25) is 0 Å². The molecular formula is C20H27N5O. The van der Waals surface area contributed by atoms with E-state index in [-0.39, 0.29) is 17.4 Å². The molecule has 2 aromatic carbocycles. The number of nitrogens with two attached hydrogens (primary N) is 1. The van der Waals surface area contributed by atoms with E-state index in [2.05, 4.69) is 22.0 Å². The summed E-state index contributed by atoms with van der Waals surface area (Å²) in [5.41, 5.74) is 9.19. The molecular weight excluding hydrogens is 326 g/mol. The number of carbonyl (C=O) groups excluding carboxylic acids is 1. The van der Waals surface area contributed by atoms with Gasteiger partial charge in [-0.3, -0.25) is 10.2 Å². The minimum absolute atomic E-state index is 0.0232. The number of anilines is 1. The van der Waals surface area contributed by atoms with Crippen molar-refractivity contribution in [2.45, 2.75) is 32.9 Å². The van der Waals surface area contributed by atoms with Gasteiger partial charge in [0.25, 0.3) is 0 Å². The zero-order valence-corrected chi connectivity index (χ0v) is 15.5. The lowest BCUT2D eigenvalue weighted by molar-refractivity contribution is -0.120. The number of benzene rings is 2. The molecule has 0 heterocycles. The summed E-state index contributed by atoms with van der Waals surface area (Å²) in [7, 11) is 0. The van der Waals surface area contributed by atoms with Gasteiger partial charge in [0, 0.05) is 17.8 Å². The van der Waals surface area contributed by atoms with Crippen molar-refractivity contribution in [1.29, 1.82) is 5.41 Å². The van der Waals surface area contributed by atoms with E-state index in [0.717, 1.165) is 22.4 Å². The minimum atomic E-state index is -0.0866. The first kappa shape index (κ1) is 19.5. The second-order valence-electron chi connectivity index (χ2n) is 7.20. The Kier molecular flexibility index (Phi) is 6.36. The van der Waals surface area contributed by atoms with Gasteiger partial charge < -0.3 is 21.7 Å². The number of nitrogens with one attached hydrogen (secondary N) is 4. The summed E-state index contributed by atoms with van der Waals surface area (Å²) in [6.07, 6.45) is 0. The van der Waals surface area contributed by atoms with E-state index in [1.165, 1.54) is 0 Å². The highest BCUT2D eigenvalue weighted by Gasteiger charge is 2.11. The van der Waals surface area contributed by atoms with Gasteiger partial charge in [0.05, 0.1) is 6.54 Å². The van der Waals surface area contributed by atoms with Crippen molar-refractivity contribution < 1.29 is 4.79 Å². The molecule has 0 atom stereocenters. The Morgan fingerprint density at radius 1 is 1.08 bits per heavy atom. The molecule has 1 amide bonds. The van der Waals surface area contributed by atoms with E-state index in [9.17, 15) is 4.79 Å². The lowest BCUT2D eigenvalue weighted by Crippen LogP contribution is -2.43. The Bertz CT molecular complexity index is 763. The Morgan fingerprint density at radius 3 is 2.38 bits per heavy atom. The highest BCUT2D eigenvalue weighted by atomic mass is 16.1. The molecule has 0 saturated heterocycles. The predicted molar refractivity (Wildman–Crippen MR) is 107 cm³/mol. The molecule has 6 heteroatoms. The molecule has 6 nitrogen and oxygen atoms in total. The normalized spacial score (nSPS) is 11.0. The summed E-state index contributed by atoms with van der Waals surface area (Å²) >= 11 is 0. The maximum absolute atomic E-state index is 11.9. The van der Waals surface area contributed by atoms with Crippen molar-refractivity contribution in [2.24, 2.45) is 5.73 Å². The van der Waals surface area contributed by atoms with Crippen LogP contribution >= 0.6 is 0 Å². The Labute approximate surface area is 154 Å². The Balaban J connectivity index is 1.97. The topological polar surface area (TPSA) is 103 Å². The second kappa shape index (κ2) is 8.49. The van der Waals surface area contributed by atoms with Crippen molar-refractivity contribution in [3.05, 3.63) is 54.1 Å². The summed E-state index contributed by atoms with van der Waals surface area (Å²) in [4.78, 5) is 11.9. The predicted octanol–water partition coefficient (Wildman–Crippen LogP) is 2.66. The van der Waals surface area contributed by atoms with Gasteiger partial charge in [0.15, 0.2) is 5.96 Å². The van der Waals surface area contributed by atoms with E-state index in [0.29, 0.717) is 13.1 Å². The highest BCUT2D eigenvalue weighted by Crippen LogP contribution is 2.22. The molecule has 2 aromatic rings. The summed E-state index contributed by atoms with van der Waals surface area (Å²) < 4.78 is 0. The minimum Gasteiger partial charge on any atom is -0.370 e. The van der Waals surface area contributed by atoms with Crippen LogP contribution in [0.5, 0.6) is 0 Å². The number of hydrogen-bond donors (Lipinski definition) is 5. The molecule has 0 aliphatic rings. The summed E-state index contributed by atoms with van der Waals surface area (Å²) in [6, 6.07) is 15.8. The van der Waals surface area contributed by atoms with Crippen molar-refractivity contribution in [1.82, 2.24) is 10.6 Å². The molecule has 26 heavy (non-hydrogen) atoms. The molecule has 2 rings (SSSR count). The van der Waals surface area contributed by atoms with Crippen molar-refractivity contribution in [3.8, 4) is 11.1 Å². The van der Waals surface area contributed by atoms with E-state index in [1.807, 2.05) is 63.2 Å². The molecule has 0 aromatic heterocycles. The van der Waals surface area contributed by atoms with Gasteiger partial charge in [-0.05, 0) is 55.7 Å². The van der Waals surface area contributed by atoms with Crippen molar-refractivity contribution >= 4 is 17.6 Å². The molecule has 6 N–H and O–H groups in total. The van der Waals surface area contributed by atoms with Crippen LogP contribution in [0.15, 0.2) is 48.5 Å². The standard InChI is InChI=1S/C20H27N5O/c1-20(2,3)24-13-18(26)23-12-14-5-4-6-16(11-14)15-7-9-17(10-8-15)25-19(21)22/h4-11,24H,12-13H2,1-3H3,(H,23,26)(H4,21,22,25). The third-order valence-electron chi connectivity index (χ3n) is 3.69. The lowest BCUT2D eigenvalue weighted by atomic mass is 10.0. The molecule has 0 aliphatic carbocycles. The first-order valence-electron chi connectivity index (χ1n) is 8.55. The van der Waals surface area contributed by atoms with Gasteiger partial charge in [-0.1, -0.05) is 30.3 Å². The van der Waals surface area contributed by atoms with Crippen LogP contribution in [-0.4, -0.2) is 24.0 Å². The number of guanidine groups is 1. The van der Waals surface area contributed by atoms with Crippen LogP contribution in [-0.2, 0) is 11.3 Å². The van der Waals surface area contributed by atoms with Crippen molar-refractivity contribution in [2.75, 3.05) is 11.9 Å². The number of carbonyl (C=O) groups is 1. The van der Waals surface area contributed by atoms with Crippen molar-refractivity contribution in [3.63, 3.8) is 0 Å². The van der Waals surface area contributed by atoms with Gasteiger partial charge in [-0.2, -0.15) is 0 Å². The second-order valence-corrected chi connectivity index (χ2v) is 7.20. The quantitative estimate of drug-likeness (QED) is 0.407. The molecule has 0 unspecified atom stereocenters. The zero-order valence-electron chi connectivity index (χ0n) is 15.5. The third-order valence-corrected chi connectivity index (χ3v) is 3.69. The van der Waals surface area contributed by atoms with Gasteiger partial charge in [0.2, 0.25) is 5.91 Å². The Hall–Kier alpha value is -2.86. The SMILES string of the molecule is CC(C)(C)NCC(=O)NCc1cccc(-c2ccc(NC(=N)N)cc2)c1. The molecule has 0 bridgehead atoms. The summed E-state index contributed by atoms with van der Waals surface area (Å²) in [5, 5.41) is 16.1. The lowest BCUT2D eigenvalue weighted by Gasteiger charge is -2.20. The van der Waals surface area contributed by atoms with E-state index in [1.54, 1.807) is 0 Å². The van der Waals surface area contributed by atoms with Crippen LogP contribution in [0, 0.1) is 5.41 Å². The van der Waals surface area contributed by atoms with E-state index >= 15 is 0 Å². The third kappa shape index (κ3) is 6.57. The fourth-order valence-electron chi connectivity index (χ4n) is 2.37. The first-order chi connectivity index (χ1) is 12.2. The molecule has 138 valence electrons. The smallest absolute Gasteiger partial charge is 0.234 e. The first-order valence-corrected chi connectivity index (χ1v) is 8.55. The zero-order chi connectivity index (χ0) is 19.2. The van der Waals surface area contributed by atoms with Crippen LogP contribution < -0.4 is 21.7 Å². The number of rotatable bonds is 6. The maximum atomic E-state index is 11.9. The van der Waals surface area contributed by atoms with Crippen LogP contribution in [0.4, 0.5) is 5.69 Å². The monoisotopic (exact) mass is 353 g/mol. The molecule has 0 saturated carbocycles. The molecule has 0 spiro atoms. The van der Waals surface area contributed by atoms with Crippen LogP contribution in [0.3, 0.4) is 0 Å². The maximum Gasteiger partial charge on any atom is 0.234 e. The van der Waals surface area contributed by atoms with Crippen LogP contribution in [0.1, 0.15) is 26.3 Å². The highest BCUT2D eigenvalue weighted by molar-refractivity contribution is 5.90. The van der Waals surface area contributed by atoms with Gasteiger partial charge in [0.1, 0.15) is 0 Å².